The summed E-state index contributed by atoms with van der Waals surface area (Å²) < 4.78 is 5.63. The maximum Gasteiger partial charge on any atom is 0.315 e. The van der Waals surface area contributed by atoms with E-state index in [1.165, 1.54) is 0 Å². The van der Waals surface area contributed by atoms with Gasteiger partial charge in [0, 0.05) is 19.7 Å². The highest BCUT2D eigenvalue weighted by Gasteiger charge is 2.20. The van der Waals surface area contributed by atoms with Gasteiger partial charge in [-0.3, -0.25) is 10.1 Å². The van der Waals surface area contributed by atoms with Gasteiger partial charge in [0.1, 0.15) is 11.4 Å². The van der Waals surface area contributed by atoms with Crippen molar-refractivity contribution >= 4 is 17.1 Å². The molecule has 0 aliphatic carbocycles. The fourth-order valence-electron chi connectivity index (χ4n) is 2.41. The Balaban J connectivity index is 2.09. The van der Waals surface area contributed by atoms with Gasteiger partial charge in [-0.1, -0.05) is 6.07 Å². The highest BCUT2D eigenvalue weighted by Crippen LogP contribution is 2.32. The number of para-hydroxylation sites is 1. The van der Waals surface area contributed by atoms with E-state index in [1.54, 1.807) is 12.1 Å². The van der Waals surface area contributed by atoms with Crippen LogP contribution in [0.3, 0.4) is 0 Å². The van der Waals surface area contributed by atoms with E-state index in [4.69, 9.17) is 4.74 Å². The molecule has 1 fully saturated rings. The SMILES string of the molecule is CCNc1cccc(NCC2CCCCO2)c1[N+](=O)[O-]. The van der Waals surface area contributed by atoms with Gasteiger partial charge < -0.3 is 15.4 Å². The Hall–Kier alpha value is -1.82. The van der Waals surface area contributed by atoms with Crippen LogP contribution >= 0.6 is 0 Å². The van der Waals surface area contributed by atoms with E-state index in [1.807, 2.05) is 13.0 Å². The Kier molecular flexibility index (Phi) is 5.17. The van der Waals surface area contributed by atoms with Crippen molar-refractivity contribution in [3.8, 4) is 0 Å². The van der Waals surface area contributed by atoms with Crippen LogP contribution in [-0.2, 0) is 4.74 Å². The van der Waals surface area contributed by atoms with E-state index >= 15 is 0 Å². The Morgan fingerprint density at radius 2 is 2.10 bits per heavy atom. The van der Waals surface area contributed by atoms with Crippen LogP contribution in [0.2, 0.25) is 0 Å². The summed E-state index contributed by atoms with van der Waals surface area (Å²) in [6.45, 7) is 3.96. The van der Waals surface area contributed by atoms with E-state index in [0.29, 0.717) is 24.5 Å². The summed E-state index contributed by atoms with van der Waals surface area (Å²) in [7, 11) is 0. The van der Waals surface area contributed by atoms with Gasteiger partial charge >= 0.3 is 5.69 Å². The second-order valence-corrected chi connectivity index (χ2v) is 4.86. The van der Waals surface area contributed by atoms with Crippen molar-refractivity contribution in [1.82, 2.24) is 0 Å². The molecule has 1 unspecified atom stereocenters. The summed E-state index contributed by atoms with van der Waals surface area (Å²) in [4.78, 5) is 10.9. The molecule has 1 atom stereocenters. The first-order valence-corrected chi connectivity index (χ1v) is 7.09. The minimum absolute atomic E-state index is 0.102. The van der Waals surface area contributed by atoms with Crippen LogP contribution in [0.15, 0.2) is 18.2 Å². The average Bonchev–Trinajstić information content (AvgIpc) is 2.46. The summed E-state index contributed by atoms with van der Waals surface area (Å²) in [5.41, 5.74) is 1.19. The largest absolute Gasteiger partial charge is 0.380 e. The van der Waals surface area contributed by atoms with Gasteiger partial charge in [0.15, 0.2) is 0 Å². The molecule has 2 N–H and O–H groups in total. The van der Waals surface area contributed by atoms with E-state index < -0.39 is 0 Å². The van der Waals surface area contributed by atoms with Gasteiger partial charge in [-0.15, -0.1) is 0 Å². The third-order valence-electron chi connectivity index (χ3n) is 3.38. The van der Waals surface area contributed by atoms with Crippen molar-refractivity contribution in [1.29, 1.82) is 0 Å². The number of nitro benzene ring substituents is 1. The fraction of sp³-hybridized carbons (Fsp3) is 0.571. The number of hydrogen-bond acceptors (Lipinski definition) is 5. The number of ether oxygens (including phenoxy) is 1. The van der Waals surface area contributed by atoms with Crippen molar-refractivity contribution in [2.45, 2.75) is 32.3 Å². The first kappa shape index (κ1) is 14.6. The molecule has 0 spiro atoms. The zero-order chi connectivity index (χ0) is 14.4. The molecule has 110 valence electrons. The second-order valence-electron chi connectivity index (χ2n) is 4.86. The average molecular weight is 279 g/mol. The molecule has 1 aromatic rings. The maximum atomic E-state index is 11.3. The fourth-order valence-corrected chi connectivity index (χ4v) is 2.41. The molecule has 0 saturated carbocycles. The number of hydrogen-bond donors (Lipinski definition) is 2. The van der Waals surface area contributed by atoms with Crippen LogP contribution in [0.25, 0.3) is 0 Å². The molecule has 1 aromatic carbocycles. The molecule has 6 heteroatoms. The molecule has 1 saturated heterocycles. The molecule has 0 aromatic heterocycles. The van der Waals surface area contributed by atoms with Crippen molar-refractivity contribution in [2.75, 3.05) is 30.3 Å². The molecule has 20 heavy (non-hydrogen) atoms. The number of nitrogens with zero attached hydrogens (tertiary/aromatic N) is 1. The second kappa shape index (κ2) is 7.09. The summed E-state index contributed by atoms with van der Waals surface area (Å²) in [5.74, 6) is 0. The minimum atomic E-state index is -0.345. The number of benzene rings is 1. The molecular formula is C14H21N3O3. The predicted octanol–water partition coefficient (Wildman–Crippen LogP) is 3.01. The van der Waals surface area contributed by atoms with Gasteiger partial charge in [0.25, 0.3) is 0 Å². The lowest BCUT2D eigenvalue weighted by atomic mass is 10.1. The number of anilines is 2. The summed E-state index contributed by atoms with van der Waals surface area (Å²) in [6.07, 6.45) is 3.41. The van der Waals surface area contributed by atoms with E-state index in [0.717, 1.165) is 25.9 Å². The van der Waals surface area contributed by atoms with Gasteiger partial charge in [-0.25, -0.2) is 0 Å². The van der Waals surface area contributed by atoms with Crippen LogP contribution in [0.1, 0.15) is 26.2 Å². The molecule has 2 rings (SSSR count). The molecule has 0 bridgehead atoms. The number of rotatable bonds is 6. The molecule has 1 aliphatic heterocycles. The maximum absolute atomic E-state index is 11.3. The Bertz CT molecular complexity index is 459. The molecule has 0 amide bonds. The van der Waals surface area contributed by atoms with Gasteiger partial charge in [-0.2, -0.15) is 0 Å². The highest BCUT2D eigenvalue weighted by molar-refractivity contribution is 5.76. The van der Waals surface area contributed by atoms with E-state index in [2.05, 4.69) is 10.6 Å². The lowest BCUT2D eigenvalue weighted by molar-refractivity contribution is -0.383. The lowest BCUT2D eigenvalue weighted by Gasteiger charge is -2.23. The third kappa shape index (κ3) is 3.60. The zero-order valence-corrected chi connectivity index (χ0v) is 11.7. The third-order valence-corrected chi connectivity index (χ3v) is 3.38. The molecule has 1 aliphatic rings. The normalized spacial score (nSPS) is 18.6. The minimum Gasteiger partial charge on any atom is -0.380 e. The zero-order valence-electron chi connectivity index (χ0n) is 11.7. The lowest BCUT2D eigenvalue weighted by Crippen LogP contribution is -2.27. The molecule has 6 nitrogen and oxygen atoms in total. The Morgan fingerprint density at radius 3 is 2.70 bits per heavy atom. The van der Waals surface area contributed by atoms with Gasteiger partial charge in [0.2, 0.25) is 0 Å². The van der Waals surface area contributed by atoms with E-state index in [-0.39, 0.29) is 16.7 Å². The Morgan fingerprint density at radius 1 is 1.35 bits per heavy atom. The van der Waals surface area contributed by atoms with Crippen molar-refractivity contribution in [3.63, 3.8) is 0 Å². The molecule has 0 radical (unpaired) electrons. The number of nitrogens with one attached hydrogen (secondary N) is 2. The molecule has 1 heterocycles. The highest BCUT2D eigenvalue weighted by atomic mass is 16.6. The smallest absolute Gasteiger partial charge is 0.315 e. The predicted molar refractivity (Wildman–Crippen MR) is 79.3 cm³/mol. The van der Waals surface area contributed by atoms with Crippen LogP contribution in [-0.4, -0.2) is 30.7 Å². The summed E-state index contributed by atoms with van der Waals surface area (Å²) >= 11 is 0. The van der Waals surface area contributed by atoms with Crippen molar-refractivity contribution < 1.29 is 9.66 Å². The van der Waals surface area contributed by atoms with Gasteiger partial charge in [0.05, 0.1) is 11.0 Å². The number of nitro groups is 1. The van der Waals surface area contributed by atoms with Crippen molar-refractivity contribution in [2.24, 2.45) is 0 Å². The van der Waals surface area contributed by atoms with Gasteiger partial charge in [-0.05, 0) is 38.3 Å². The topological polar surface area (TPSA) is 76.4 Å². The van der Waals surface area contributed by atoms with Crippen LogP contribution in [0.4, 0.5) is 17.1 Å². The Labute approximate surface area is 118 Å². The first-order valence-electron chi connectivity index (χ1n) is 7.09. The standard InChI is InChI=1S/C14H21N3O3/c1-2-15-12-7-5-8-13(14(12)17(18)19)16-10-11-6-3-4-9-20-11/h5,7-8,11,15-16H,2-4,6,9-10H2,1H3. The monoisotopic (exact) mass is 279 g/mol. The van der Waals surface area contributed by atoms with Crippen LogP contribution in [0, 0.1) is 10.1 Å². The van der Waals surface area contributed by atoms with Crippen LogP contribution in [0.5, 0.6) is 0 Å². The molecular weight excluding hydrogens is 258 g/mol. The quantitative estimate of drug-likeness (QED) is 0.618. The van der Waals surface area contributed by atoms with E-state index in [9.17, 15) is 10.1 Å². The summed E-state index contributed by atoms with van der Waals surface area (Å²) in [5, 5.41) is 17.4. The van der Waals surface area contributed by atoms with Crippen LogP contribution < -0.4 is 10.6 Å². The first-order chi connectivity index (χ1) is 9.72. The van der Waals surface area contributed by atoms with Crippen molar-refractivity contribution in [3.05, 3.63) is 28.3 Å². The summed E-state index contributed by atoms with van der Waals surface area (Å²) in [6, 6.07) is 5.28.